The van der Waals surface area contributed by atoms with E-state index in [1.54, 1.807) is 0 Å². The van der Waals surface area contributed by atoms with Crippen molar-refractivity contribution in [3.63, 3.8) is 0 Å². The van der Waals surface area contributed by atoms with Gasteiger partial charge < -0.3 is 15.9 Å². The molecule has 0 heterocycles. The molecule has 0 aromatic rings. The van der Waals surface area contributed by atoms with E-state index in [4.69, 9.17) is 15.9 Å². The molecule has 10 heavy (non-hydrogen) atoms. The quantitative estimate of drug-likeness (QED) is 0.460. The van der Waals surface area contributed by atoms with E-state index in [-0.39, 0.29) is 5.70 Å². The maximum absolute atomic E-state index is 9.88. The molecule has 0 aliphatic carbocycles. The van der Waals surface area contributed by atoms with E-state index >= 15 is 0 Å². The van der Waals surface area contributed by atoms with Crippen LogP contribution in [0.1, 0.15) is 6.42 Å². The molecule has 0 aliphatic heterocycles. The van der Waals surface area contributed by atoms with E-state index in [1.165, 1.54) is 0 Å². The van der Waals surface area contributed by atoms with Gasteiger partial charge in [-0.3, -0.25) is 4.79 Å². The summed E-state index contributed by atoms with van der Waals surface area (Å²) in [6, 6.07) is 0. The predicted molar refractivity (Wildman–Crippen MR) is 32.2 cm³/mol. The summed E-state index contributed by atoms with van der Waals surface area (Å²) in [5.74, 6) is -2.38. The fourth-order valence-electron chi connectivity index (χ4n) is 0.384. The maximum atomic E-state index is 9.88. The second-order valence-electron chi connectivity index (χ2n) is 1.63. The summed E-state index contributed by atoms with van der Waals surface area (Å²) >= 11 is 0. The van der Waals surface area contributed by atoms with Gasteiger partial charge in [0.15, 0.2) is 0 Å². The number of carboxylic acids is 2. The molecular formula is C5H7NO4. The van der Waals surface area contributed by atoms with E-state index in [2.05, 4.69) is 0 Å². The van der Waals surface area contributed by atoms with Crippen molar-refractivity contribution in [2.45, 2.75) is 6.42 Å². The van der Waals surface area contributed by atoms with Crippen molar-refractivity contribution in [3.8, 4) is 0 Å². The second-order valence-corrected chi connectivity index (χ2v) is 1.63. The van der Waals surface area contributed by atoms with E-state index in [1.807, 2.05) is 0 Å². The van der Waals surface area contributed by atoms with Gasteiger partial charge in [0.05, 0.1) is 6.42 Å². The molecule has 0 bridgehead atoms. The third-order valence-corrected chi connectivity index (χ3v) is 0.664. The van der Waals surface area contributed by atoms with E-state index in [9.17, 15) is 9.59 Å². The molecular weight excluding hydrogens is 138 g/mol. The molecule has 0 saturated carbocycles. The number of carboxylic acid groups (broad SMARTS) is 2. The minimum absolute atomic E-state index is 0.167. The lowest BCUT2D eigenvalue weighted by molar-refractivity contribution is -0.136. The lowest BCUT2D eigenvalue weighted by Crippen LogP contribution is -2.07. The molecule has 0 amide bonds. The normalized spacial score (nSPS) is 11.0. The smallest absolute Gasteiger partial charge is 0.330 e. The van der Waals surface area contributed by atoms with Gasteiger partial charge in [-0.1, -0.05) is 0 Å². The number of aliphatic carboxylic acids is 2. The van der Waals surface area contributed by atoms with Gasteiger partial charge in [-0.25, -0.2) is 4.79 Å². The highest BCUT2D eigenvalue weighted by Crippen LogP contribution is 1.90. The number of hydrogen-bond donors (Lipinski definition) is 3. The van der Waals surface area contributed by atoms with Crippen molar-refractivity contribution >= 4 is 11.9 Å². The third kappa shape index (κ3) is 4.63. The zero-order valence-corrected chi connectivity index (χ0v) is 5.07. The van der Waals surface area contributed by atoms with Crippen LogP contribution in [0.4, 0.5) is 0 Å². The Labute approximate surface area is 56.8 Å². The van der Waals surface area contributed by atoms with Crippen LogP contribution in [-0.2, 0) is 9.59 Å². The molecule has 0 atom stereocenters. The van der Waals surface area contributed by atoms with Gasteiger partial charge in [-0.15, -0.1) is 0 Å². The standard InChI is InChI=1S/C5H7NO4/c6-3(1-4(7)8)2-5(9)10/h1H,2,6H2,(H,7,8)(H,9,10)/b3-1+. The Morgan fingerprint density at radius 1 is 1.40 bits per heavy atom. The van der Waals surface area contributed by atoms with Gasteiger partial charge in [0.2, 0.25) is 0 Å². The van der Waals surface area contributed by atoms with E-state index in [0.717, 1.165) is 0 Å². The van der Waals surface area contributed by atoms with Crippen LogP contribution in [0.25, 0.3) is 0 Å². The summed E-state index contributed by atoms with van der Waals surface area (Å²) in [7, 11) is 0. The predicted octanol–water partition coefficient (Wildman–Crippen LogP) is -0.612. The largest absolute Gasteiger partial charge is 0.481 e. The highest BCUT2D eigenvalue weighted by atomic mass is 16.4. The van der Waals surface area contributed by atoms with Crippen molar-refractivity contribution < 1.29 is 19.8 Å². The molecule has 0 fully saturated rings. The van der Waals surface area contributed by atoms with Crippen LogP contribution >= 0.6 is 0 Å². The zero-order chi connectivity index (χ0) is 8.15. The first kappa shape index (κ1) is 8.48. The van der Waals surface area contributed by atoms with Crippen LogP contribution in [0.5, 0.6) is 0 Å². The second kappa shape index (κ2) is 3.49. The minimum atomic E-state index is -1.24. The summed E-state index contributed by atoms with van der Waals surface area (Å²) in [6.45, 7) is 0. The van der Waals surface area contributed by atoms with Crippen molar-refractivity contribution in [1.82, 2.24) is 0 Å². The molecule has 0 spiro atoms. The number of carbonyl (C=O) groups is 2. The summed E-state index contributed by atoms with van der Waals surface area (Å²) in [6.07, 6.45) is 0.223. The van der Waals surface area contributed by atoms with Crippen molar-refractivity contribution in [1.29, 1.82) is 0 Å². The van der Waals surface area contributed by atoms with Gasteiger partial charge in [0.1, 0.15) is 0 Å². The van der Waals surface area contributed by atoms with Crippen LogP contribution in [0.2, 0.25) is 0 Å². The topological polar surface area (TPSA) is 101 Å². The Bertz CT molecular complexity index is 184. The van der Waals surface area contributed by atoms with Crippen molar-refractivity contribution in [3.05, 3.63) is 11.8 Å². The number of rotatable bonds is 3. The lowest BCUT2D eigenvalue weighted by atomic mass is 10.3. The molecule has 56 valence electrons. The molecule has 0 aromatic carbocycles. The monoisotopic (exact) mass is 145 g/mol. The first-order valence-corrected chi connectivity index (χ1v) is 2.43. The van der Waals surface area contributed by atoms with Gasteiger partial charge in [0.25, 0.3) is 0 Å². The van der Waals surface area contributed by atoms with Crippen LogP contribution in [0.15, 0.2) is 11.8 Å². The van der Waals surface area contributed by atoms with Gasteiger partial charge in [-0.05, 0) is 0 Å². The fraction of sp³-hybridized carbons (Fsp3) is 0.200. The van der Waals surface area contributed by atoms with Crippen molar-refractivity contribution in [2.24, 2.45) is 5.73 Å². The highest BCUT2D eigenvalue weighted by molar-refractivity contribution is 5.82. The molecule has 0 radical (unpaired) electrons. The Morgan fingerprint density at radius 3 is 2.20 bits per heavy atom. The summed E-state index contributed by atoms with van der Waals surface area (Å²) in [4.78, 5) is 19.7. The zero-order valence-electron chi connectivity index (χ0n) is 5.07. The average molecular weight is 145 g/mol. The Hall–Kier alpha value is -1.52. The molecule has 5 heteroatoms. The van der Waals surface area contributed by atoms with Crippen LogP contribution in [-0.4, -0.2) is 22.2 Å². The molecule has 0 unspecified atom stereocenters. The first-order chi connectivity index (χ1) is 4.52. The van der Waals surface area contributed by atoms with E-state index < -0.39 is 18.4 Å². The van der Waals surface area contributed by atoms with Crippen LogP contribution < -0.4 is 5.73 Å². The summed E-state index contributed by atoms with van der Waals surface area (Å²) < 4.78 is 0. The Morgan fingerprint density at radius 2 is 1.90 bits per heavy atom. The number of nitrogens with two attached hydrogens (primary N) is 1. The molecule has 0 aromatic heterocycles. The molecule has 4 N–H and O–H groups in total. The third-order valence-electron chi connectivity index (χ3n) is 0.664. The Balaban J connectivity index is 3.95. The molecule has 0 saturated heterocycles. The molecule has 0 rings (SSSR count). The highest BCUT2D eigenvalue weighted by Gasteiger charge is 2.00. The summed E-state index contributed by atoms with van der Waals surface area (Å²) in [5, 5.41) is 16.1. The first-order valence-electron chi connectivity index (χ1n) is 2.43. The SMILES string of the molecule is N/C(=C/C(=O)O)CC(=O)O. The van der Waals surface area contributed by atoms with Gasteiger partial charge in [0, 0.05) is 11.8 Å². The van der Waals surface area contributed by atoms with Gasteiger partial charge in [-0.2, -0.15) is 0 Å². The van der Waals surface area contributed by atoms with Crippen molar-refractivity contribution in [2.75, 3.05) is 0 Å². The number of hydrogen-bond acceptors (Lipinski definition) is 3. The average Bonchev–Trinajstić information content (AvgIpc) is 1.58. The molecule has 5 nitrogen and oxygen atoms in total. The molecule has 0 aliphatic rings. The minimum Gasteiger partial charge on any atom is -0.481 e. The fourth-order valence-corrected chi connectivity index (χ4v) is 0.384. The van der Waals surface area contributed by atoms with Crippen LogP contribution in [0.3, 0.4) is 0 Å². The summed E-state index contributed by atoms with van der Waals surface area (Å²) in [5.41, 5.74) is 4.81. The van der Waals surface area contributed by atoms with Gasteiger partial charge >= 0.3 is 11.9 Å². The maximum Gasteiger partial charge on any atom is 0.330 e. The van der Waals surface area contributed by atoms with Crippen LogP contribution in [0, 0.1) is 0 Å². The van der Waals surface area contributed by atoms with E-state index in [0.29, 0.717) is 6.08 Å². The lowest BCUT2D eigenvalue weighted by Gasteiger charge is -1.91. The Kier molecular flexibility index (Phi) is 2.96.